The summed E-state index contributed by atoms with van der Waals surface area (Å²) in [5.74, 6) is 0.761. The third-order valence-corrected chi connectivity index (χ3v) is 4.11. The van der Waals surface area contributed by atoms with Gasteiger partial charge in [0.25, 0.3) is 0 Å². The molecule has 1 saturated heterocycles. The molecule has 1 aliphatic rings. The van der Waals surface area contributed by atoms with Gasteiger partial charge in [0.1, 0.15) is 0 Å². The largest absolute Gasteiger partial charge is 0.311 e. The van der Waals surface area contributed by atoms with E-state index >= 15 is 0 Å². The molecular formula is C17H28N2. The van der Waals surface area contributed by atoms with E-state index in [0.717, 1.165) is 19.0 Å². The summed E-state index contributed by atoms with van der Waals surface area (Å²) >= 11 is 0. The lowest BCUT2D eigenvalue weighted by Crippen LogP contribution is -2.54. The Morgan fingerprint density at radius 2 is 1.89 bits per heavy atom. The molecular weight excluding hydrogens is 232 g/mol. The Bertz CT molecular complexity index is 374. The molecule has 0 aromatic heterocycles. The molecule has 0 radical (unpaired) electrons. The van der Waals surface area contributed by atoms with Crippen molar-refractivity contribution in [2.24, 2.45) is 5.92 Å². The van der Waals surface area contributed by atoms with Crippen LogP contribution in [0, 0.1) is 5.92 Å². The minimum Gasteiger partial charge on any atom is -0.311 e. The molecule has 0 amide bonds. The average molecular weight is 260 g/mol. The summed E-state index contributed by atoms with van der Waals surface area (Å²) in [5.41, 5.74) is 1.44. The van der Waals surface area contributed by atoms with Crippen LogP contribution >= 0.6 is 0 Å². The van der Waals surface area contributed by atoms with E-state index in [4.69, 9.17) is 0 Å². The molecule has 3 unspecified atom stereocenters. The van der Waals surface area contributed by atoms with Crippen LogP contribution in [0.1, 0.15) is 45.7 Å². The molecule has 2 rings (SSSR count). The molecule has 2 nitrogen and oxygen atoms in total. The molecule has 3 atom stereocenters. The van der Waals surface area contributed by atoms with Crippen LogP contribution in [0.3, 0.4) is 0 Å². The molecule has 1 heterocycles. The Morgan fingerprint density at radius 1 is 1.21 bits per heavy atom. The quantitative estimate of drug-likeness (QED) is 0.892. The number of nitrogens with zero attached hydrogens (tertiary/aromatic N) is 1. The van der Waals surface area contributed by atoms with E-state index in [1.807, 2.05) is 0 Å². The van der Waals surface area contributed by atoms with Gasteiger partial charge in [-0.1, -0.05) is 44.2 Å². The third kappa shape index (κ3) is 3.80. The minimum absolute atomic E-state index is 0.520. The van der Waals surface area contributed by atoms with Gasteiger partial charge in [0.2, 0.25) is 0 Å². The second kappa shape index (κ2) is 6.53. The van der Waals surface area contributed by atoms with Gasteiger partial charge in [-0.25, -0.2) is 0 Å². The van der Waals surface area contributed by atoms with Crippen LogP contribution in [-0.4, -0.2) is 30.1 Å². The summed E-state index contributed by atoms with van der Waals surface area (Å²) in [4.78, 5) is 2.69. The number of rotatable bonds is 4. The standard InChI is InChI=1S/C17H28N2/c1-13(2)10-15(4)19-12-14(3)18-11-17(19)16-8-6-5-7-9-16/h5-9,13-15,17-18H,10-12H2,1-4H3. The molecule has 1 aromatic rings. The molecule has 0 saturated carbocycles. The highest BCUT2D eigenvalue weighted by molar-refractivity contribution is 5.20. The van der Waals surface area contributed by atoms with Gasteiger partial charge in [-0.15, -0.1) is 0 Å². The highest BCUT2D eigenvalue weighted by atomic mass is 15.2. The molecule has 1 N–H and O–H groups in total. The van der Waals surface area contributed by atoms with E-state index < -0.39 is 0 Å². The van der Waals surface area contributed by atoms with Gasteiger partial charge < -0.3 is 5.32 Å². The maximum absolute atomic E-state index is 3.63. The Balaban J connectivity index is 2.15. The van der Waals surface area contributed by atoms with Crippen LogP contribution < -0.4 is 5.32 Å². The number of piperazine rings is 1. The van der Waals surface area contributed by atoms with Gasteiger partial charge in [-0.3, -0.25) is 4.90 Å². The second-order valence-electron chi connectivity index (χ2n) is 6.41. The predicted octanol–water partition coefficient (Wildman–Crippen LogP) is 3.46. The average Bonchev–Trinajstić information content (AvgIpc) is 2.39. The van der Waals surface area contributed by atoms with Crippen LogP contribution in [0.2, 0.25) is 0 Å². The fraction of sp³-hybridized carbons (Fsp3) is 0.647. The van der Waals surface area contributed by atoms with Crippen LogP contribution in [0.4, 0.5) is 0 Å². The molecule has 0 spiro atoms. The Hall–Kier alpha value is -0.860. The zero-order valence-corrected chi connectivity index (χ0v) is 12.8. The Morgan fingerprint density at radius 3 is 2.53 bits per heavy atom. The van der Waals surface area contributed by atoms with Gasteiger partial charge in [0.05, 0.1) is 0 Å². The first-order valence-corrected chi connectivity index (χ1v) is 7.62. The molecule has 1 aromatic carbocycles. The van der Waals surface area contributed by atoms with Crippen LogP contribution in [0.15, 0.2) is 30.3 Å². The van der Waals surface area contributed by atoms with Crippen molar-refractivity contribution in [2.45, 2.75) is 52.2 Å². The molecule has 106 valence electrons. The van der Waals surface area contributed by atoms with E-state index in [9.17, 15) is 0 Å². The summed E-state index contributed by atoms with van der Waals surface area (Å²) in [6.45, 7) is 11.5. The number of nitrogens with one attached hydrogen (secondary N) is 1. The van der Waals surface area contributed by atoms with Gasteiger partial charge in [-0.05, 0) is 31.7 Å². The van der Waals surface area contributed by atoms with Crippen molar-refractivity contribution >= 4 is 0 Å². The maximum Gasteiger partial charge on any atom is 0.0476 e. The smallest absolute Gasteiger partial charge is 0.0476 e. The summed E-state index contributed by atoms with van der Waals surface area (Å²) in [7, 11) is 0. The summed E-state index contributed by atoms with van der Waals surface area (Å²) in [5, 5.41) is 3.63. The van der Waals surface area contributed by atoms with Crippen molar-refractivity contribution in [3.8, 4) is 0 Å². The Labute approximate surface area is 118 Å². The van der Waals surface area contributed by atoms with Gasteiger partial charge in [0.15, 0.2) is 0 Å². The highest BCUT2D eigenvalue weighted by Gasteiger charge is 2.30. The van der Waals surface area contributed by atoms with Crippen molar-refractivity contribution in [1.29, 1.82) is 0 Å². The summed E-state index contributed by atoms with van der Waals surface area (Å²) in [6.07, 6.45) is 1.27. The SMILES string of the molecule is CC(C)CC(C)N1CC(C)NCC1c1ccccc1. The number of benzene rings is 1. The molecule has 2 heteroatoms. The van der Waals surface area contributed by atoms with Crippen molar-refractivity contribution in [3.63, 3.8) is 0 Å². The first-order valence-electron chi connectivity index (χ1n) is 7.62. The van der Waals surface area contributed by atoms with Gasteiger partial charge in [-0.2, -0.15) is 0 Å². The lowest BCUT2D eigenvalue weighted by molar-refractivity contribution is 0.0823. The first kappa shape index (κ1) is 14.5. The number of hydrogen-bond acceptors (Lipinski definition) is 2. The topological polar surface area (TPSA) is 15.3 Å². The maximum atomic E-state index is 3.63. The third-order valence-electron chi connectivity index (χ3n) is 4.11. The van der Waals surface area contributed by atoms with Crippen molar-refractivity contribution in [3.05, 3.63) is 35.9 Å². The second-order valence-corrected chi connectivity index (χ2v) is 6.41. The molecule has 0 aliphatic carbocycles. The fourth-order valence-corrected chi connectivity index (χ4v) is 3.23. The zero-order valence-electron chi connectivity index (χ0n) is 12.8. The van der Waals surface area contributed by atoms with E-state index in [2.05, 4.69) is 68.2 Å². The lowest BCUT2D eigenvalue weighted by atomic mass is 9.96. The summed E-state index contributed by atoms with van der Waals surface area (Å²) < 4.78 is 0. The predicted molar refractivity (Wildman–Crippen MR) is 82.3 cm³/mol. The van der Waals surface area contributed by atoms with Crippen molar-refractivity contribution < 1.29 is 0 Å². The van der Waals surface area contributed by atoms with Crippen molar-refractivity contribution in [1.82, 2.24) is 10.2 Å². The van der Waals surface area contributed by atoms with Crippen LogP contribution in [-0.2, 0) is 0 Å². The van der Waals surface area contributed by atoms with Crippen molar-refractivity contribution in [2.75, 3.05) is 13.1 Å². The van der Waals surface area contributed by atoms with E-state index in [1.54, 1.807) is 0 Å². The zero-order chi connectivity index (χ0) is 13.8. The van der Waals surface area contributed by atoms with Crippen LogP contribution in [0.25, 0.3) is 0 Å². The number of hydrogen-bond donors (Lipinski definition) is 1. The lowest BCUT2D eigenvalue weighted by Gasteiger charge is -2.43. The van der Waals surface area contributed by atoms with E-state index in [-0.39, 0.29) is 0 Å². The molecule has 1 aliphatic heterocycles. The van der Waals surface area contributed by atoms with Crippen LogP contribution in [0.5, 0.6) is 0 Å². The summed E-state index contributed by atoms with van der Waals surface area (Å²) in [6, 6.07) is 12.7. The van der Waals surface area contributed by atoms with Gasteiger partial charge >= 0.3 is 0 Å². The van der Waals surface area contributed by atoms with Gasteiger partial charge in [0, 0.05) is 31.2 Å². The first-order chi connectivity index (χ1) is 9.08. The highest BCUT2D eigenvalue weighted by Crippen LogP contribution is 2.27. The molecule has 19 heavy (non-hydrogen) atoms. The fourth-order valence-electron chi connectivity index (χ4n) is 3.23. The van der Waals surface area contributed by atoms with E-state index in [0.29, 0.717) is 18.1 Å². The minimum atomic E-state index is 0.520. The normalized spacial score (nSPS) is 26.6. The monoisotopic (exact) mass is 260 g/mol. The Kier molecular flexibility index (Phi) is 5.00. The molecule has 1 fully saturated rings. The molecule has 0 bridgehead atoms. The van der Waals surface area contributed by atoms with E-state index in [1.165, 1.54) is 12.0 Å².